The molecule has 1 heterocycles. The number of benzene rings is 1. The number of halogens is 1. The van der Waals surface area contributed by atoms with E-state index >= 15 is 0 Å². The Morgan fingerprint density at radius 1 is 1.29 bits per heavy atom. The Kier molecular flexibility index (Phi) is 4.98. The summed E-state index contributed by atoms with van der Waals surface area (Å²) in [6.07, 6.45) is 0. The summed E-state index contributed by atoms with van der Waals surface area (Å²) in [6, 6.07) is 8.23. The third-order valence-corrected chi connectivity index (χ3v) is 4.33. The first-order valence-corrected chi connectivity index (χ1v) is 7.69. The lowest BCUT2D eigenvalue weighted by molar-refractivity contribution is 0.0698. The van der Waals surface area contributed by atoms with Gasteiger partial charge in [0.2, 0.25) is 0 Å². The van der Waals surface area contributed by atoms with Crippen LogP contribution in [0, 0.1) is 6.92 Å². The maximum absolute atomic E-state index is 11.8. The fourth-order valence-electron chi connectivity index (χ4n) is 1.72. The van der Waals surface area contributed by atoms with Crippen LogP contribution >= 0.6 is 27.3 Å². The average Bonchev–Trinajstić information content (AvgIpc) is 2.84. The molecule has 0 aliphatic rings. The molecule has 7 heteroatoms. The van der Waals surface area contributed by atoms with Crippen molar-refractivity contribution in [1.29, 1.82) is 0 Å². The maximum Gasteiger partial charge on any atom is 0.337 e. The average molecular weight is 369 g/mol. The minimum atomic E-state index is -1.07. The van der Waals surface area contributed by atoms with Crippen LogP contribution in [0.4, 0.5) is 10.5 Å². The lowest BCUT2D eigenvalue weighted by Crippen LogP contribution is -2.28. The molecule has 2 rings (SSSR count). The smallest absolute Gasteiger partial charge is 0.337 e. The van der Waals surface area contributed by atoms with E-state index in [1.807, 2.05) is 12.1 Å². The summed E-state index contributed by atoms with van der Waals surface area (Å²) in [6.45, 7) is 2.18. The van der Waals surface area contributed by atoms with Crippen molar-refractivity contribution in [3.05, 3.63) is 50.1 Å². The van der Waals surface area contributed by atoms with Crippen molar-refractivity contribution in [2.75, 3.05) is 5.32 Å². The molecular weight excluding hydrogens is 356 g/mol. The summed E-state index contributed by atoms with van der Waals surface area (Å²) in [4.78, 5) is 24.0. The fraction of sp³-hybridized carbons (Fsp3) is 0.143. The van der Waals surface area contributed by atoms with Crippen LogP contribution in [-0.2, 0) is 6.54 Å². The van der Waals surface area contributed by atoms with Gasteiger partial charge in [0.15, 0.2) is 0 Å². The molecule has 0 atom stereocenters. The van der Waals surface area contributed by atoms with Gasteiger partial charge in [-0.25, -0.2) is 9.59 Å². The zero-order valence-electron chi connectivity index (χ0n) is 11.1. The molecule has 0 aliphatic heterocycles. The van der Waals surface area contributed by atoms with Crippen molar-refractivity contribution < 1.29 is 14.7 Å². The van der Waals surface area contributed by atoms with E-state index in [4.69, 9.17) is 5.11 Å². The summed E-state index contributed by atoms with van der Waals surface area (Å²) < 4.78 is 0.992. The van der Waals surface area contributed by atoms with E-state index < -0.39 is 12.0 Å². The number of hydrogen-bond donors (Lipinski definition) is 3. The van der Waals surface area contributed by atoms with Crippen LogP contribution in [0.1, 0.15) is 20.8 Å². The standard InChI is InChI=1S/C14H13BrN2O3S/c1-8-2-4-11(10(6-8)13(18)19)17-14(20)16-7-9-3-5-12(15)21-9/h2-6H,7H2,1H3,(H,18,19)(H2,16,17,20). The molecule has 0 saturated carbocycles. The minimum Gasteiger partial charge on any atom is -0.478 e. The third kappa shape index (κ3) is 4.30. The first-order valence-electron chi connectivity index (χ1n) is 6.08. The molecular formula is C14H13BrN2O3S. The quantitative estimate of drug-likeness (QED) is 0.766. The van der Waals surface area contributed by atoms with Crippen molar-refractivity contribution in [2.24, 2.45) is 0 Å². The van der Waals surface area contributed by atoms with Gasteiger partial charge < -0.3 is 15.7 Å². The van der Waals surface area contributed by atoms with E-state index in [1.165, 1.54) is 17.4 Å². The van der Waals surface area contributed by atoms with Gasteiger partial charge in [-0.3, -0.25) is 0 Å². The van der Waals surface area contributed by atoms with Crippen LogP contribution in [0.25, 0.3) is 0 Å². The van der Waals surface area contributed by atoms with Gasteiger partial charge in [-0.15, -0.1) is 11.3 Å². The van der Waals surface area contributed by atoms with Gasteiger partial charge in [-0.05, 0) is 47.1 Å². The topological polar surface area (TPSA) is 78.4 Å². The zero-order valence-corrected chi connectivity index (χ0v) is 13.5. The number of aryl methyl sites for hydroxylation is 1. The summed E-state index contributed by atoms with van der Waals surface area (Å²) in [5.41, 5.74) is 1.17. The van der Waals surface area contributed by atoms with Gasteiger partial charge in [0, 0.05) is 4.88 Å². The SMILES string of the molecule is Cc1ccc(NC(=O)NCc2ccc(Br)s2)c(C(=O)O)c1. The number of anilines is 1. The van der Waals surface area contributed by atoms with Gasteiger partial charge in [-0.1, -0.05) is 11.6 Å². The minimum absolute atomic E-state index is 0.0732. The first kappa shape index (κ1) is 15.5. The van der Waals surface area contributed by atoms with E-state index in [0.717, 1.165) is 14.2 Å². The van der Waals surface area contributed by atoms with Crippen LogP contribution in [0.2, 0.25) is 0 Å². The molecule has 1 aromatic carbocycles. The van der Waals surface area contributed by atoms with Crippen molar-refractivity contribution in [3.63, 3.8) is 0 Å². The Morgan fingerprint density at radius 3 is 2.67 bits per heavy atom. The number of urea groups is 1. The highest BCUT2D eigenvalue weighted by atomic mass is 79.9. The zero-order chi connectivity index (χ0) is 15.4. The van der Waals surface area contributed by atoms with E-state index in [1.54, 1.807) is 19.1 Å². The predicted molar refractivity (Wildman–Crippen MR) is 86.0 cm³/mol. The lowest BCUT2D eigenvalue weighted by atomic mass is 10.1. The molecule has 110 valence electrons. The fourth-order valence-corrected chi connectivity index (χ4v) is 3.15. The number of hydrogen-bond acceptors (Lipinski definition) is 3. The molecule has 0 radical (unpaired) electrons. The van der Waals surface area contributed by atoms with Gasteiger partial charge in [0.25, 0.3) is 0 Å². The second-order valence-corrected chi connectivity index (χ2v) is 6.92. The molecule has 0 saturated heterocycles. The predicted octanol–water partition coefficient (Wildman–Crippen LogP) is 3.84. The Labute approximate surface area is 134 Å². The summed E-state index contributed by atoms with van der Waals surface area (Å²) in [7, 11) is 0. The monoisotopic (exact) mass is 368 g/mol. The molecule has 2 aromatic rings. The Hall–Kier alpha value is -1.86. The van der Waals surface area contributed by atoms with Crippen LogP contribution in [-0.4, -0.2) is 17.1 Å². The van der Waals surface area contributed by atoms with E-state index in [2.05, 4.69) is 26.6 Å². The molecule has 0 aliphatic carbocycles. The molecule has 21 heavy (non-hydrogen) atoms. The van der Waals surface area contributed by atoms with Gasteiger partial charge in [0.05, 0.1) is 21.6 Å². The molecule has 2 amide bonds. The van der Waals surface area contributed by atoms with Crippen molar-refractivity contribution in [2.45, 2.75) is 13.5 Å². The number of carbonyl (C=O) groups is 2. The second-order valence-electron chi connectivity index (χ2n) is 4.37. The normalized spacial score (nSPS) is 10.2. The summed E-state index contributed by atoms with van der Waals surface area (Å²) >= 11 is 4.88. The van der Waals surface area contributed by atoms with Crippen LogP contribution in [0.5, 0.6) is 0 Å². The molecule has 0 fully saturated rings. The summed E-state index contributed by atoms with van der Waals surface area (Å²) in [5, 5.41) is 14.4. The number of thiophene rings is 1. The van der Waals surface area contributed by atoms with E-state index in [-0.39, 0.29) is 11.3 Å². The summed E-state index contributed by atoms with van der Waals surface area (Å²) in [5.74, 6) is -1.07. The van der Waals surface area contributed by atoms with Crippen molar-refractivity contribution in [3.8, 4) is 0 Å². The van der Waals surface area contributed by atoms with Gasteiger partial charge in [0.1, 0.15) is 0 Å². The van der Waals surface area contributed by atoms with Gasteiger partial charge >= 0.3 is 12.0 Å². The largest absolute Gasteiger partial charge is 0.478 e. The second kappa shape index (κ2) is 6.73. The number of aromatic carboxylic acids is 1. The number of carboxylic acids is 1. The molecule has 3 N–H and O–H groups in total. The third-order valence-electron chi connectivity index (χ3n) is 2.71. The number of nitrogens with one attached hydrogen (secondary N) is 2. The van der Waals surface area contributed by atoms with Crippen LogP contribution in [0.3, 0.4) is 0 Å². The van der Waals surface area contributed by atoms with Gasteiger partial charge in [-0.2, -0.15) is 0 Å². The Morgan fingerprint density at radius 2 is 2.05 bits per heavy atom. The highest BCUT2D eigenvalue weighted by molar-refractivity contribution is 9.11. The number of rotatable bonds is 4. The lowest BCUT2D eigenvalue weighted by Gasteiger charge is -2.10. The number of amides is 2. The Bertz CT molecular complexity index is 685. The van der Waals surface area contributed by atoms with E-state index in [0.29, 0.717) is 6.54 Å². The maximum atomic E-state index is 11.8. The number of carboxylic acid groups (broad SMARTS) is 1. The highest BCUT2D eigenvalue weighted by Crippen LogP contribution is 2.22. The first-order chi connectivity index (χ1) is 9.95. The highest BCUT2D eigenvalue weighted by Gasteiger charge is 2.12. The molecule has 1 aromatic heterocycles. The van der Waals surface area contributed by atoms with Crippen molar-refractivity contribution in [1.82, 2.24) is 5.32 Å². The van der Waals surface area contributed by atoms with Crippen molar-refractivity contribution >= 4 is 45.0 Å². The number of carbonyl (C=O) groups excluding carboxylic acids is 1. The van der Waals surface area contributed by atoms with Crippen LogP contribution < -0.4 is 10.6 Å². The molecule has 0 spiro atoms. The Balaban J connectivity index is 2.01. The molecule has 0 bridgehead atoms. The molecule has 0 unspecified atom stereocenters. The molecule has 5 nitrogen and oxygen atoms in total. The van der Waals surface area contributed by atoms with E-state index in [9.17, 15) is 9.59 Å². The van der Waals surface area contributed by atoms with Crippen LogP contribution in [0.15, 0.2) is 34.1 Å².